The van der Waals surface area contributed by atoms with Gasteiger partial charge in [-0.05, 0) is 6.07 Å². The summed E-state index contributed by atoms with van der Waals surface area (Å²) in [6.45, 7) is 0. The van der Waals surface area contributed by atoms with Crippen LogP contribution < -0.4 is 5.48 Å². The Morgan fingerprint density at radius 3 is 2.70 bits per heavy atom. The molecule has 0 radical (unpaired) electrons. The summed E-state index contributed by atoms with van der Waals surface area (Å²) in [5.74, 6) is -0.260. The highest BCUT2D eigenvalue weighted by Gasteiger charge is 2.01. The molecule has 3 heteroatoms. The minimum absolute atomic E-state index is 0.260. The summed E-state index contributed by atoms with van der Waals surface area (Å²) in [6, 6.07) is 6.44. The summed E-state index contributed by atoms with van der Waals surface area (Å²) in [7, 11) is 1.49. The number of hydrogen-bond donors (Lipinski definition) is 1. The van der Waals surface area contributed by atoms with Crippen LogP contribution >= 0.6 is 0 Å². The van der Waals surface area contributed by atoms with Gasteiger partial charge in [-0.2, -0.15) is 5.48 Å². The van der Waals surface area contributed by atoms with Gasteiger partial charge in [-0.15, -0.1) is 0 Å². The van der Waals surface area contributed by atoms with Crippen LogP contribution in [0.1, 0.15) is 0 Å². The average molecular weight is 142 g/mol. The van der Waals surface area contributed by atoms with Crippen molar-refractivity contribution in [2.45, 2.75) is 0 Å². The van der Waals surface area contributed by atoms with Gasteiger partial charge < -0.3 is 0 Å². The molecule has 0 spiro atoms. The van der Waals surface area contributed by atoms with E-state index in [9.17, 15) is 4.39 Å². The van der Waals surface area contributed by atoms with Crippen molar-refractivity contribution in [2.75, 3.05) is 7.11 Å². The van der Waals surface area contributed by atoms with Crippen molar-refractivity contribution in [3.8, 4) is 0 Å². The first-order chi connectivity index (χ1) is 4.84. The first-order valence-electron chi connectivity index (χ1n) is 2.95. The van der Waals surface area contributed by atoms with Crippen molar-refractivity contribution in [3.63, 3.8) is 0 Å². The van der Waals surface area contributed by atoms with Gasteiger partial charge in [-0.25, -0.2) is 9.23 Å². The predicted molar refractivity (Wildman–Crippen MR) is 35.0 cm³/mol. The van der Waals surface area contributed by atoms with Crippen molar-refractivity contribution in [2.24, 2.45) is 0 Å². The van der Waals surface area contributed by atoms with Gasteiger partial charge >= 0.3 is 0 Å². The summed E-state index contributed by atoms with van der Waals surface area (Å²) in [6.07, 6.45) is 0. The number of quaternary nitrogens is 1. The molecule has 2 nitrogen and oxygen atoms in total. The van der Waals surface area contributed by atoms with Crippen molar-refractivity contribution in [1.82, 2.24) is 0 Å². The molecule has 0 fully saturated rings. The van der Waals surface area contributed by atoms with E-state index in [4.69, 9.17) is 0 Å². The highest BCUT2D eigenvalue weighted by atomic mass is 19.1. The van der Waals surface area contributed by atoms with E-state index in [1.54, 1.807) is 18.2 Å². The Labute approximate surface area is 58.6 Å². The minimum atomic E-state index is -0.260. The molecule has 10 heavy (non-hydrogen) atoms. The van der Waals surface area contributed by atoms with E-state index < -0.39 is 0 Å². The smallest absolute Gasteiger partial charge is 0.197 e. The third kappa shape index (κ3) is 1.52. The van der Waals surface area contributed by atoms with Crippen LogP contribution in [0.2, 0.25) is 0 Å². The van der Waals surface area contributed by atoms with Gasteiger partial charge in [0.2, 0.25) is 0 Å². The molecule has 0 unspecified atom stereocenters. The van der Waals surface area contributed by atoms with Crippen LogP contribution in [0, 0.1) is 5.82 Å². The second kappa shape index (κ2) is 3.29. The van der Waals surface area contributed by atoms with Gasteiger partial charge in [0.25, 0.3) is 0 Å². The van der Waals surface area contributed by atoms with Gasteiger partial charge in [-0.3, -0.25) is 0 Å². The SMILES string of the molecule is CO[NH2+]c1ccccc1F. The lowest BCUT2D eigenvalue weighted by atomic mass is 10.3. The maximum atomic E-state index is 12.7. The molecular weight excluding hydrogens is 133 g/mol. The molecular formula is C7H9FNO+. The van der Waals surface area contributed by atoms with E-state index in [1.807, 2.05) is 0 Å². The van der Waals surface area contributed by atoms with Gasteiger partial charge in [0.1, 0.15) is 0 Å². The van der Waals surface area contributed by atoms with Crippen LogP contribution in [-0.4, -0.2) is 7.11 Å². The summed E-state index contributed by atoms with van der Waals surface area (Å²) in [5.41, 5.74) is 1.85. The highest BCUT2D eigenvalue weighted by molar-refractivity contribution is 5.28. The Hall–Kier alpha value is -0.930. The lowest BCUT2D eigenvalue weighted by Gasteiger charge is -1.95. The van der Waals surface area contributed by atoms with Crippen LogP contribution in [0.4, 0.5) is 10.1 Å². The Kier molecular flexibility index (Phi) is 2.36. The zero-order chi connectivity index (χ0) is 7.40. The predicted octanol–water partition coefficient (Wildman–Crippen LogP) is 0.582. The highest BCUT2D eigenvalue weighted by Crippen LogP contribution is 2.04. The Bertz CT molecular complexity index is 215. The number of nitrogens with two attached hydrogens (primary N) is 1. The third-order valence-corrected chi connectivity index (χ3v) is 1.15. The summed E-state index contributed by atoms with van der Waals surface area (Å²) < 4.78 is 12.7. The summed E-state index contributed by atoms with van der Waals surface area (Å²) in [5, 5.41) is 0. The standard InChI is InChI=1S/C7H8FNO/c1-10-9-7-5-3-2-4-6(7)8/h2-5,9H,1H3/p+1. The Morgan fingerprint density at radius 2 is 2.10 bits per heavy atom. The molecule has 0 aliphatic carbocycles. The van der Waals surface area contributed by atoms with Crippen LogP contribution in [0.3, 0.4) is 0 Å². The molecule has 1 rings (SSSR count). The van der Waals surface area contributed by atoms with Gasteiger partial charge in [-0.1, -0.05) is 12.1 Å². The summed E-state index contributed by atoms with van der Waals surface area (Å²) in [4.78, 5) is 4.64. The Balaban J connectivity index is 2.81. The van der Waals surface area contributed by atoms with E-state index >= 15 is 0 Å². The quantitative estimate of drug-likeness (QED) is 0.474. The lowest BCUT2D eigenvalue weighted by molar-refractivity contribution is -0.831. The monoisotopic (exact) mass is 142 g/mol. The molecule has 0 atom stereocenters. The number of hydrogen-bond acceptors (Lipinski definition) is 1. The van der Waals surface area contributed by atoms with E-state index in [2.05, 4.69) is 4.84 Å². The molecule has 0 bridgehead atoms. The average Bonchev–Trinajstić information content (AvgIpc) is 1.94. The van der Waals surface area contributed by atoms with Crippen molar-refractivity contribution >= 4 is 5.69 Å². The summed E-state index contributed by atoms with van der Waals surface area (Å²) >= 11 is 0. The third-order valence-electron chi connectivity index (χ3n) is 1.15. The van der Waals surface area contributed by atoms with Gasteiger partial charge in [0.15, 0.2) is 11.5 Å². The molecule has 54 valence electrons. The fourth-order valence-corrected chi connectivity index (χ4v) is 0.698. The molecule has 0 saturated carbocycles. The maximum Gasteiger partial charge on any atom is 0.197 e. The Morgan fingerprint density at radius 1 is 1.40 bits per heavy atom. The van der Waals surface area contributed by atoms with Gasteiger partial charge in [0.05, 0.1) is 7.11 Å². The van der Waals surface area contributed by atoms with Crippen LogP contribution in [0.25, 0.3) is 0 Å². The molecule has 0 aliphatic heterocycles. The topological polar surface area (TPSA) is 25.8 Å². The molecule has 2 N–H and O–H groups in total. The van der Waals surface area contributed by atoms with Crippen LogP contribution in [0.15, 0.2) is 24.3 Å². The minimum Gasteiger partial charge on any atom is -0.204 e. The van der Waals surface area contributed by atoms with E-state index in [0.717, 1.165) is 0 Å². The molecule has 0 heterocycles. The fraction of sp³-hybridized carbons (Fsp3) is 0.143. The zero-order valence-corrected chi connectivity index (χ0v) is 5.67. The first kappa shape index (κ1) is 7.18. The second-order valence-electron chi connectivity index (χ2n) is 1.88. The van der Waals surface area contributed by atoms with Crippen LogP contribution in [-0.2, 0) is 4.84 Å². The molecule has 0 aliphatic rings. The maximum absolute atomic E-state index is 12.7. The number of benzene rings is 1. The second-order valence-corrected chi connectivity index (χ2v) is 1.88. The van der Waals surface area contributed by atoms with Crippen molar-refractivity contribution in [3.05, 3.63) is 30.1 Å². The van der Waals surface area contributed by atoms with Crippen molar-refractivity contribution < 1.29 is 14.7 Å². The van der Waals surface area contributed by atoms with E-state index in [-0.39, 0.29) is 5.82 Å². The van der Waals surface area contributed by atoms with Gasteiger partial charge in [0, 0.05) is 6.07 Å². The molecule has 1 aromatic carbocycles. The van der Waals surface area contributed by atoms with E-state index in [0.29, 0.717) is 5.69 Å². The fourth-order valence-electron chi connectivity index (χ4n) is 0.698. The normalized spacial score (nSPS) is 9.80. The molecule has 0 aromatic heterocycles. The molecule has 0 saturated heterocycles. The largest absolute Gasteiger partial charge is 0.204 e. The molecule has 1 aromatic rings. The lowest BCUT2D eigenvalue weighted by Crippen LogP contribution is -2.76. The number of halogens is 1. The van der Waals surface area contributed by atoms with E-state index in [1.165, 1.54) is 18.7 Å². The number of rotatable bonds is 2. The van der Waals surface area contributed by atoms with Crippen molar-refractivity contribution in [1.29, 1.82) is 0 Å². The van der Waals surface area contributed by atoms with Crippen LogP contribution in [0.5, 0.6) is 0 Å². The molecule has 0 amide bonds. The zero-order valence-electron chi connectivity index (χ0n) is 5.67. The first-order valence-corrected chi connectivity index (χ1v) is 2.95.